The zero-order valence-corrected chi connectivity index (χ0v) is 21.7. The fourth-order valence-electron chi connectivity index (χ4n) is 2.72. The molecule has 174 valence electrons. The van der Waals surface area contributed by atoms with Gasteiger partial charge >= 0.3 is 19.5 Å². The summed E-state index contributed by atoms with van der Waals surface area (Å²) < 4.78 is 0. The summed E-state index contributed by atoms with van der Waals surface area (Å²) in [6.07, 6.45) is 14.1. The number of aliphatic hydroxyl groups is 2. The Balaban J connectivity index is -0.000000162. The number of aliphatic hydroxyl groups excluding tert-OH is 2. The molecule has 0 radical (unpaired) electrons. The summed E-state index contributed by atoms with van der Waals surface area (Å²) >= 11 is 0. The van der Waals surface area contributed by atoms with E-state index in [9.17, 15) is 9.59 Å². The predicted octanol–water partition coefficient (Wildman–Crippen LogP) is 6.77. The zero-order chi connectivity index (χ0) is 21.0. The standard InChI is InChI=1S/2C8H14O2.C7H8.2CH3.Ru/c2*1-6(2)4-8(10)5-7(3)9;1-2-7-4-3-6(1)5-7;;;/h2*5-6,9H,4H2,1-3H3;1-4,6-7H,5H2;2*1H3;/q;;;2*-1;+2. The molecule has 0 spiro atoms. The number of allylic oxidation sites excluding steroid dienone is 8. The largest absolute Gasteiger partial charge is 2.00 e. The zero-order valence-electron chi connectivity index (χ0n) is 20.0. The average Bonchev–Trinajstić information content (AvgIpc) is 3.09. The summed E-state index contributed by atoms with van der Waals surface area (Å²) in [5.74, 6) is 2.52. The molecular formula is C25H42O4Ru. The molecule has 0 amide bonds. The van der Waals surface area contributed by atoms with Crippen molar-refractivity contribution in [3.8, 4) is 0 Å². The van der Waals surface area contributed by atoms with E-state index in [0.29, 0.717) is 24.7 Å². The van der Waals surface area contributed by atoms with Crippen LogP contribution in [0.25, 0.3) is 0 Å². The quantitative estimate of drug-likeness (QED) is 0.137. The topological polar surface area (TPSA) is 74.6 Å². The van der Waals surface area contributed by atoms with Crippen molar-refractivity contribution in [1.82, 2.24) is 0 Å². The maximum Gasteiger partial charge on any atom is 2.00 e. The Morgan fingerprint density at radius 1 is 0.800 bits per heavy atom. The molecule has 0 saturated carbocycles. The Hall–Kier alpha value is -1.48. The molecule has 5 heteroatoms. The minimum atomic E-state index is -0.00463. The van der Waals surface area contributed by atoms with Crippen molar-refractivity contribution in [3.05, 3.63) is 62.8 Å². The normalized spacial score (nSPS) is 18.3. The summed E-state index contributed by atoms with van der Waals surface area (Å²) in [5.41, 5.74) is 0. The number of ketones is 2. The van der Waals surface area contributed by atoms with Gasteiger partial charge in [-0.2, -0.15) is 0 Å². The number of carbonyl (C=O) groups excluding carboxylic acids is 2. The van der Waals surface area contributed by atoms with Crippen LogP contribution in [0, 0.1) is 38.5 Å². The van der Waals surface area contributed by atoms with Gasteiger partial charge in [0.15, 0.2) is 11.6 Å². The maximum atomic E-state index is 10.8. The van der Waals surface area contributed by atoms with Gasteiger partial charge in [-0.3, -0.25) is 9.59 Å². The van der Waals surface area contributed by atoms with E-state index in [1.54, 1.807) is 0 Å². The molecule has 2 rings (SSSR count). The predicted molar refractivity (Wildman–Crippen MR) is 124 cm³/mol. The summed E-state index contributed by atoms with van der Waals surface area (Å²) in [7, 11) is 0. The Bertz CT molecular complexity index is 526. The van der Waals surface area contributed by atoms with Crippen LogP contribution < -0.4 is 0 Å². The summed E-state index contributed by atoms with van der Waals surface area (Å²) in [5, 5.41) is 17.4. The van der Waals surface area contributed by atoms with E-state index >= 15 is 0 Å². The number of rotatable bonds is 6. The summed E-state index contributed by atoms with van der Waals surface area (Å²) in [6.45, 7) is 10.9. The first kappa shape index (κ1) is 35.9. The second-order valence-corrected chi connectivity index (χ2v) is 8.03. The molecule has 0 unspecified atom stereocenters. The smallest absolute Gasteiger partial charge is 0.512 e. The van der Waals surface area contributed by atoms with Crippen LogP contribution in [0.1, 0.15) is 60.8 Å². The average molecular weight is 508 g/mol. The van der Waals surface area contributed by atoms with E-state index in [-0.39, 0.29) is 57.4 Å². The van der Waals surface area contributed by atoms with E-state index in [1.807, 2.05) is 27.7 Å². The SMILES string of the molecule is C1=CC2C=CC1C2.CC(O)=CC(=O)CC(C)C.CC(O)=CC(=O)CC(C)C.[CH3-].[CH3-].[Ru+2]. The van der Waals surface area contributed by atoms with Crippen LogP contribution in [0.15, 0.2) is 48.0 Å². The summed E-state index contributed by atoms with van der Waals surface area (Å²) in [4.78, 5) is 21.7. The van der Waals surface area contributed by atoms with Crippen LogP contribution >= 0.6 is 0 Å². The van der Waals surface area contributed by atoms with Gasteiger partial charge < -0.3 is 25.1 Å². The molecule has 30 heavy (non-hydrogen) atoms. The monoisotopic (exact) mass is 508 g/mol. The van der Waals surface area contributed by atoms with Crippen LogP contribution in [0.3, 0.4) is 0 Å². The number of fused-ring (bicyclic) bond motifs is 2. The van der Waals surface area contributed by atoms with Gasteiger partial charge in [0.25, 0.3) is 0 Å². The van der Waals surface area contributed by atoms with Gasteiger partial charge in [0, 0.05) is 25.0 Å². The molecule has 0 saturated heterocycles. The molecular weight excluding hydrogens is 465 g/mol. The molecule has 4 nitrogen and oxygen atoms in total. The van der Waals surface area contributed by atoms with Crippen LogP contribution in [-0.4, -0.2) is 21.8 Å². The van der Waals surface area contributed by atoms with E-state index < -0.39 is 0 Å². The fraction of sp³-hybridized carbons (Fsp3) is 0.520. The number of hydrogen-bond donors (Lipinski definition) is 2. The molecule has 0 aromatic carbocycles. The van der Waals surface area contributed by atoms with Gasteiger partial charge in [-0.25, -0.2) is 0 Å². The van der Waals surface area contributed by atoms with Crippen LogP contribution in [0.2, 0.25) is 0 Å². The Morgan fingerprint density at radius 2 is 1.07 bits per heavy atom. The maximum absolute atomic E-state index is 10.8. The molecule has 0 fully saturated rings. The molecule has 2 aliphatic rings. The van der Waals surface area contributed by atoms with Gasteiger partial charge in [0.1, 0.15) is 0 Å². The van der Waals surface area contributed by atoms with Crippen LogP contribution in [0.4, 0.5) is 0 Å². The third-order valence-corrected chi connectivity index (χ3v) is 3.71. The van der Waals surface area contributed by atoms with Gasteiger partial charge in [-0.15, -0.1) is 0 Å². The van der Waals surface area contributed by atoms with Crippen molar-refractivity contribution in [3.63, 3.8) is 0 Å². The van der Waals surface area contributed by atoms with Crippen molar-refractivity contribution in [2.45, 2.75) is 60.8 Å². The first-order chi connectivity index (χ1) is 12.5. The van der Waals surface area contributed by atoms with Crippen molar-refractivity contribution in [2.75, 3.05) is 0 Å². The van der Waals surface area contributed by atoms with E-state index in [4.69, 9.17) is 10.2 Å². The minimum absolute atomic E-state index is 0. The van der Waals surface area contributed by atoms with E-state index in [1.165, 1.54) is 32.4 Å². The van der Waals surface area contributed by atoms with E-state index in [0.717, 1.165) is 11.8 Å². The van der Waals surface area contributed by atoms with Crippen LogP contribution in [-0.2, 0) is 29.1 Å². The Morgan fingerprint density at radius 3 is 1.20 bits per heavy atom. The van der Waals surface area contributed by atoms with Crippen molar-refractivity contribution in [2.24, 2.45) is 23.7 Å². The van der Waals surface area contributed by atoms with Gasteiger partial charge in [-0.05, 0) is 43.9 Å². The molecule has 0 atom stereocenters. The van der Waals surface area contributed by atoms with Crippen molar-refractivity contribution in [1.29, 1.82) is 0 Å². The summed E-state index contributed by atoms with van der Waals surface area (Å²) in [6, 6.07) is 0. The Kier molecular flexibility index (Phi) is 23.3. The first-order valence-corrected chi connectivity index (χ1v) is 9.66. The number of carbonyl (C=O) groups is 2. The second-order valence-electron chi connectivity index (χ2n) is 8.03. The van der Waals surface area contributed by atoms with Gasteiger partial charge in [-0.1, -0.05) is 52.0 Å². The van der Waals surface area contributed by atoms with Crippen LogP contribution in [0.5, 0.6) is 0 Å². The third kappa shape index (κ3) is 21.2. The molecule has 2 aliphatic carbocycles. The Labute approximate surface area is 198 Å². The van der Waals surface area contributed by atoms with Gasteiger partial charge in [0.2, 0.25) is 0 Å². The molecule has 0 aromatic rings. The van der Waals surface area contributed by atoms with E-state index in [2.05, 4.69) is 24.3 Å². The number of hydrogen-bond acceptors (Lipinski definition) is 4. The molecule has 0 aromatic heterocycles. The van der Waals surface area contributed by atoms with Crippen molar-refractivity contribution < 1.29 is 39.3 Å². The molecule has 2 N–H and O–H groups in total. The second kappa shape index (κ2) is 19.5. The third-order valence-electron chi connectivity index (χ3n) is 3.71. The minimum Gasteiger partial charge on any atom is -0.512 e. The first-order valence-electron chi connectivity index (χ1n) is 9.66. The molecule has 0 aliphatic heterocycles. The van der Waals surface area contributed by atoms with Crippen molar-refractivity contribution >= 4 is 11.6 Å². The molecule has 2 bridgehead atoms. The molecule has 0 heterocycles. The fourth-order valence-corrected chi connectivity index (χ4v) is 2.72. The van der Waals surface area contributed by atoms with Gasteiger partial charge in [0.05, 0.1) is 11.5 Å².